The van der Waals surface area contributed by atoms with Crippen LogP contribution in [0.1, 0.15) is 61.4 Å². The Morgan fingerprint density at radius 2 is 2.00 bits per heavy atom. The average molecular weight is 542 g/mol. The average Bonchev–Trinajstić information content (AvgIpc) is 3.80. The molecule has 0 aromatic carbocycles. The van der Waals surface area contributed by atoms with Gasteiger partial charge in [0, 0.05) is 54.7 Å². The third-order valence-electron chi connectivity index (χ3n) is 8.38. The van der Waals surface area contributed by atoms with Gasteiger partial charge in [-0.25, -0.2) is 19.9 Å². The topological polar surface area (TPSA) is 132 Å². The van der Waals surface area contributed by atoms with E-state index in [1.165, 1.54) is 0 Å². The highest BCUT2D eigenvalue weighted by Crippen LogP contribution is 2.48. The Balaban J connectivity index is 1.05. The predicted octanol–water partition coefficient (Wildman–Crippen LogP) is 2.28. The smallest absolute Gasteiger partial charge is 0.230 e. The zero-order valence-electron chi connectivity index (χ0n) is 23.2. The molecule has 208 valence electrons. The van der Waals surface area contributed by atoms with E-state index in [9.17, 15) is 9.90 Å². The molecule has 0 radical (unpaired) electrons. The molecule has 7 rings (SSSR count). The number of piperidine rings is 1. The van der Waals surface area contributed by atoms with E-state index in [0.29, 0.717) is 17.6 Å². The van der Waals surface area contributed by atoms with E-state index in [1.807, 2.05) is 61.5 Å². The monoisotopic (exact) mass is 541 g/mol. The van der Waals surface area contributed by atoms with Crippen LogP contribution in [0, 0.1) is 31.6 Å². The van der Waals surface area contributed by atoms with Gasteiger partial charge in [-0.2, -0.15) is 0 Å². The van der Waals surface area contributed by atoms with E-state index >= 15 is 0 Å². The van der Waals surface area contributed by atoms with Crippen LogP contribution in [0.5, 0.6) is 0 Å². The van der Waals surface area contributed by atoms with Gasteiger partial charge in [-0.1, -0.05) is 0 Å². The number of nitrogens with zero attached hydrogens (tertiary/aromatic N) is 6. The van der Waals surface area contributed by atoms with Crippen molar-refractivity contribution < 1.29 is 9.90 Å². The highest BCUT2D eigenvalue weighted by atomic mass is 16.3. The van der Waals surface area contributed by atoms with Crippen LogP contribution in [0.15, 0.2) is 47.6 Å². The van der Waals surface area contributed by atoms with Crippen molar-refractivity contribution >= 4 is 23.1 Å². The Bertz CT molecular complexity index is 1560. The SMILES string of the molecule is Cc1cc(N2CC3CC3C2=O)c2nc([C@@H](C)NC3=NC(C)NC(NC(O)[C@H]4C[C@@H]4c4nccc(C)n4)=C3)cn2c1. The number of imidazole rings is 1. The summed E-state index contributed by atoms with van der Waals surface area (Å²) < 4.78 is 2.02. The van der Waals surface area contributed by atoms with Crippen molar-refractivity contribution in [3.63, 3.8) is 0 Å². The number of hydrogen-bond donors (Lipinski definition) is 4. The first kappa shape index (κ1) is 25.0. The highest BCUT2D eigenvalue weighted by Gasteiger charge is 2.53. The maximum Gasteiger partial charge on any atom is 0.230 e. The lowest BCUT2D eigenvalue weighted by molar-refractivity contribution is -0.118. The highest BCUT2D eigenvalue weighted by molar-refractivity contribution is 6.02. The third kappa shape index (κ3) is 4.57. The quantitative estimate of drug-likeness (QED) is 0.335. The van der Waals surface area contributed by atoms with Crippen LogP contribution in [0.2, 0.25) is 0 Å². The number of aryl methyl sites for hydroxylation is 2. The Morgan fingerprint density at radius 3 is 2.77 bits per heavy atom. The summed E-state index contributed by atoms with van der Waals surface area (Å²) in [6, 6.07) is 3.81. The van der Waals surface area contributed by atoms with Gasteiger partial charge in [0.25, 0.3) is 0 Å². The molecule has 2 saturated carbocycles. The number of rotatable bonds is 7. The lowest BCUT2D eigenvalue weighted by Gasteiger charge is -2.26. The van der Waals surface area contributed by atoms with Gasteiger partial charge >= 0.3 is 0 Å². The summed E-state index contributed by atoms with van der Waals surface area (Å²) in [5.41, 5.74) is 4.56. The number of pyridine rings is 1. The molecule has 1 amide bonds. The minimum atomic E-state index is -0.726. The largest absolute Gasteiger partial charge is 0.373 e. The molecular formula is C29H35N9O2. The summed E-state index contributed by atoms with van der Waals surface area (Å²) in [7, 11) is 0. The lowest BCUT2D eigenvalue weighted by Crippen LogP contribution is -2.43. The zero-order chi connectivity index (χ0) is 27.7. The van der Waals surface area contributed by atoms with Crippen LogP contribution in [0.25, 0.3) is 5.65 Å². The van der Waals surface area contributed by atoms with Crippen molar-refractivity contribution in [2.45, 2.75) is 64.9 Å². The van der Waals surface area contributed by atoms with E-state index in [4.69, 9.17) is 9.98 Å². The molecule has 4 unspecified atom stereocenters. The van der Waals surface area contributed by atoms with E-state index < -0.39 is 6.23 Å². The maximum absolute atomic E-state index is 12.8. The number of amidine groups is 1. The van der Waals surface area contributed by atoms with Crippen LogP contribution in [0.4, 0.5) is 5.69 Å². The zero-order valence-corrected chi connectivity index (χ0v) is 23.2. The maximum atomic E-state index is 12.8. The molecule has 4 N–H and O–H groups in total. The van der Waals surface area contributed by atoms with Crippen molar-refractivity contribution in [3.8, 4) is 0 Å². The number of nitrogens with one attached hydrogen (secondary N) is 3. The first-order chi connectivity index (χ1) is 19.2. The molecular weight excluding hydrogens is 506 g/mol. The van der Waals surface area contributed by atoms with Gasteiger partial charge in [0.05, 0.1) is 17.4 Å². The second-order valence-electron chi connectivity index (χ2n) is 11.8. The van der Waals surface area contributed by atoms with Gasteiger partial charge in [-0.05, 0) is 64.2 Å². The number of carbonyl (C=O) groups is 1. The van der Waals surface area contributed by atoms with E-state index in [-0.39, 0.29) is 35.9 Å². The van der Waals surface area contributed by atoms with Crippen LogP contribution in [-0.4, -0.2) is 55.1 Å². The molecule has 0 bridgehead atoms. The molecule has 5 heterocycles. The molecule has 11 nitrogen and oxygen atoms in total. The Labute approximate surface area is 232 Å². The van der Waals surface area contributed by atoms with Crippen molar-refractivity contribution in [2.75, 3.05) is 11.4 Å². The molecule has 40 heavy (non-hydrogen) atoms. The van der Waals surface area contributed by atoms with Gasteiger partial charge in [0.1, 0.15) is 29.9 Å². The van der Waals surface area contributed by atoms with Gasteiger partial charge in [0.2, 0.25) is 5.91 Å². The molecule has 3 fully saturated rings. The Kier molecular flexibility index (Phi) is 5.81. The fourth-order valence-electron chi connectivity index (χ4n) is 6.05. The molecule has 7 atom stereocenters. The van der Waals surface area contributed by atoms with Gasteiger partial charge in [0.15, 0.2) is 5.65 Å². The second-order valence-corrected chi connectivity index (χ2v) is 11.8. The normalized spacial score (nSPS) is 28.4. The molecule has 4 aliphatic rings. The molecule has 1 saturated heterocycles. The molecule has 3 aromatic rings. The second kappa shape index (κ2) is 9.29. The number of aliphatic imine (C=N–C) groups is 1. The number of aliphatic hydroxyl groups excluding tert-OH is 1. The third-order valence-corrected chi connectivity index (χ3v) is 8.38. The van der Waals surface area contributed by atoms with E-state index in [1.54, 1.807) is 6.20 Å². The number of carbonyl (C=O) groups excluding carboxylic acids is 1. The Morgan fingerprint density at radius 1 is 1.15 bits per heavy atom. The summed E-state index contributed by atoms with van der Waals surface area (Å²) in [5, 5.41) is 20.9. The summed E-state index contributed by atoms with van der Waals surface area (Å²) in [5.74, 6) is 3.33. The summed E-state index contributed by atoms with van der Waals surface area (Å²) in [4.78, 5) is 33.3. The van der Waals surface area contributed by atoms with E-state index in [2.05, 4.69) is 32.0 Å². The van der Waals surface area contributed by atoms with Crippen LogP contribution in [0.3, 0.4) is 0 Å². The first-order valence-corrected chi connectivity index (χ1v) is 14.1. The minimum absolute atomic E-state index is 0.0537. The van der Waals surface area contributed by atoms with Crippen molar-refractivity contribution in [3.05, 3.63) is 65.4 Å². The number of anilines is 1. The molecule has 2 aliphatic heterocycles. The Hall–Kier alpha value is -3.99. The van der Waals surface area contributed by atoms with E-state index in [0.717, 1.165) is 53.5 Å². The summed E-state index contributed by atoms with van der Waals surface area (Å²) in [6.07, 6.45) is 8.68. The summed E-state index contributed by atoms with van der Waals surface area (Å²) >= 11 is 0. The first-order valence-electron chi connectivity index (χ1n) is 14.1. The van der Waals surface area contributed by atoms with Crippen LogP contribution in [-0.2, 0) is 4.79 Å². The number of hydrogen-bond acceptors (Lipinski definition) is 9. The van der Waals surface area contributed by atoms with Gasteiger partial charge in [-0.3, -0.25) is 4.79 Å². The molecule has 2 aliphatic carbocycles. The van der Waals surface area contributed by atoms with Crippen molar-refractivity contribution in [2.24, 2.45) is 22.7 Å². The van der Waals surface area contributed by atoms with Crippen LogP contribution < -0.4 is 20.9 Å². The standard InChI is InChI=1S/C29H35N9O2/c1-14-7-23(38-12-18-8-19(18)29(38)40)27-35-22(13-37(27)11-14)16(3)32-24-10-25(34-17(4)33-24)36-28(39)21-9-20(21)26-30-6-5-15(2)31-26/h5-7,10-11,13,16-21,28,34,36,39H,8-9,12H2,1-4H3,(H,32,33)/t16-,17?,18?,19?,20+,21+,28?/m1/s1. The van der Waals surface area contributed by atoms with Gasteiger partial charge < -0.3 is 30.4 Å². The van der Waals surface area contributed by atoms with Crippen LogP contribution >= 0.6 is 0 Å². The summed E-state index contributed by atoms with van der Waals surface area (Å²) in [6.45, 7) is 8.79. The predicted molar refractivity (Wildman–Crippen MR) is 150 cm³/mol. The fourth-order valence-corrected chi connectivity index (χ4v) is 6.05. The minimum Gasteiger partial charge on any atom is -0.373 e. The molecule has 0 spiro atoms. The molecule has 3 aromatic heterocycles. The van der Waals surface area contributed by atoms with Crippen molar-refractivity contribution in [1.29, 1.82) is 0 Å². The van der Waals surface area contributed by atoms with Crippen molar-refractivity contribution in [1.82, 2.24) is 35.3 Å². The number of fused-ring (bicyclic) bond motifs is 2. The fraction of sp³-hybridized carbons (Fsp3) is 0.483. The lowest BCUT2D eigenvalue weighted by atomic mass is 10.2. The molecule has 11 heteroatoms. The number of aromatic nitrogens is 4. The van der Waals surface area contributed by atoms with Gasteiger partial charge in [-0.15, -0.1) is 0 Å². The number of amides is 1. The number of aliphatic hydroxyl groups is 1.